The number of nitrogens with zero attached hydrogens (tertiary/aromatic N) is 3. The summed E-state index contributed by atoms with van der Waals surface area (Å²) in [4.78, 5) is 4.92. The minimum Gasteiger partial charge on any atom is -0.366 e. The molecule has 1 saturated carbocycles. The number of rotatable bonds is 8. The van der Waals surface area contributed by atoms with Gasteiger partial charge in [0.05, 0.1) is 6.20 Å². The van der Waals surface area contributed by atoms with Gasteiger partial charge in [-0.15, -0.1) is 0 Å². The highest BCUT2D eigenvalue weighted by atomic mass is 19.1. The monoisotopic (exact) mass is 420 g/mol. The number of hydrogen-bond acceptors (Lipinski definition) is 4. The summed E-state index contributed by atoms with van der Waals surface area (Å²) >= 11 is 0. The van der Waals surface area contributed by atoms with E-state index in [-0.39, 0.29) is 5.82 Å². The molecule has 31 heavy (non-hydrogen) atoms. The van der Waals surface area contributed by atoms with Crippen molar-refractivity contribution in [2.24, 2.45) is 17.6 Å². The van der Waals surface area contributed by atoms with E-state index in [1.54, 1.807) is 12.1 Å². The van der Waals surface area contributed by atoms with Crippen LogP contribution in [0.5, 0.6) is 0 Å². The molecular weight excluding hydrogens is 388 g/mol. The summed E-state index contributed by atoms with van der Waals surface area (Å²) in [6.07, 6.45) is 7.86. The SMILES string of the molecule is CC(C)c1cnn2c(NCc3ccccc3F)cc([B]CC3CCC(CN)CC3)nc12. The smallest absolute Gasteiger partial charge is 0.178 e. The Kier molecular flexibility index (Phi) is 6.91. The molecule has 0 amide bonds. The van der Waals surface area contributed by atoms with Crippen LogP contribution < -0.4 is 16.6 Å². The lowest BCUT2D eigenvalue weighted by molar-refractivity contribution is 0.296. The Morgan fingerprint density at radius 1 is 1.19 bits per heavy atom. The maximum atomic E-state index is 14.1. The predicted octanol–water partition coefficient (Wildman–Crippen LogP) is 4.12. The lowest BCUT2D eigenvalue weighted by Crippen LogP contribution is -2.26. The van der Waals surface area contributed by atoms with E-state index < -0.39 is 0 Å². The quantitative estimate of drug-likeness (QED) is 0.538. The highest BCUT2D eigenvalue weighted by Crippen LogP contribution is 2.30. The minimum atomic E-state index is -0.205. The summed E-state index contributed by atoms with van der Waals surface area (Å²) in [5, 5.41) is 7.93. The standard InChI is InChI=1S/C24H32BFN5/c1-16(2)20-15-29-31-23(28-14-19-5-3-4-6-21(19)26)11-22(30-24(20)31)25-12-17-7-9-18(13-27)10-8-17/h3-6,11,15-18,28H,7-10,12-14,27H2,1-2H3. The molecule has 4 rings (SSSR count). The van der Waals surface area contributed by atoms with E-state index in [1.807, 2.05) is 22.8 Å². The van der Waals surface area contributed by atoms with Crippen LogP contribution in [0.15, 0.2) is 36.5 Å². The second-order valence-corrected chi connectivity index (χ2v) is 9.06. The van der Waals surface area contributed by atoms with Crippen LogP contribution >= 0.6 is 0 Å². The molecule has 2 heterocycles. The summed E-state index contributed by atoms with van der Waals surface area (Å²) in [6.45, 7) is 5.50. The molecule has 3 N–H and O–H groups in total. The Labute approximate surface area is 184 Å². The van der Waals surface area contributed by atoms with Crippen LogP contribution in [0.3, 0.4) is 0 Å². The minimum absolute atomic E-state index is 0.205. The van der Waals surface area contributed by atoms with Gasteiger partial charge in [-0.25, -0.2) is 9.37 Å². The second-order valence-electron chi connectivity index (χ2n) is 9.06. The molecule has 0 saturated heterocycles. The molecule has 7 heteroatoms. The molecule has 0 atom stereocenters. The molecule has 1 aromatic carbocycles. The third-order valence-electron chi connectivity index (χ3n) is 6.52. The van der Waals surface area contributed by atoms with E-state index in [0.717, 1.165) is 35.5 Å². The topological polar surface area (TPSA) is 68.2 Å². The van der Waals surface area contributed by atoms with Gasteiger partial charge in [0.15, 0.2) is 12.9 Å². The van der Waals surface area contributed by atoms with Crippen molar-refractivity contribution in [2.45, 2.75) is 58.3 Å². The highest BCUT2D eigenvalue weighted by molar-refractivity contribution is 6.52. The Hall–Kier alpha value is -2.41. The number of halogens is 1. The molecule has 1 fully saturated rings. The first kappa shape index (κ1) is 21.8. The third kappa shape index (κ3) is 5.09. The fourth-order valence-electron chi connectivity index (χ4n) is 4.45. The van der Waals surface area contributed by atoms with Gasteiger partial charge in [0.25, 0.3) is 0 Å². The normalized spacial score (nSPS) is 19.1. The number of aromatic nitrogens is 3. The number of nitrogens with two attached hydrogens (primary N) is 1. The van der Waals surface area contributed by atoms with Gasteiger partial charge in [-0.05, 0) is 49.3 Å². The second kappa shape index (κ2) is 9.81. The van der Waals surface area contributed by atoms with Gasteiger partial charge < -0.3 is 11.1 Å². The van der Waals surface area contributed by atoms with Gasteiger partial charge >= 0.3 is 0 Å². The molecular formula is C24H32BFN5. The average Bonchev–Trinajstić information content (AvgIpc) is 3.22. The van der Waals surface area contributed by atoms with Gasteiger partial charge in [0.1, 0.15) is 11.6 Å². The van der Waals surface area contributed by atoms with Crippen molar-refractivity contribution >= 4 is 24.3 Å². The summed E-state index contributed by atoms with van der Waals surface area (Å²) in [6, 6.07) is 8.87. The van der Waals surface area contributed by atoms with Crippen LogP contribution in [0.2, 0.25) is 6.32 Å². The molecule has 0 aliphatic heterocycles. The van der Waals surface area contributed by atoms with Crippen molar-refractivity contribution in [3.05, 3.63) is 53.5 Å². The maximum absolute atomic E-state index is 14.1. The summed E-state index contributed by atoms with van der Waals surface area (Å²) < 4.78 is 15.9. The predicted molar refractivity (Wildman–Crippen MR) is 126 cm³/mol. The molecule has 163 valence electrons. The van der Waals surface area contributed by atoms with Gasteiger partial charge in [0, 0.05) is 23.3 Å². The molecule has 0 unspecified atom stereocenters. The first-order valence-corrected chi connectivity index (χ1v) is 11.4. The van der Waals surface area contributed by atoms with E-state index in [0.29, 0.717) is 29.9 Å². The van der Waals surface area contributed by atoms with E-state index in [2.05, 4.69) is 31.5 Å². The fourth-order valence-corrected chi connectivity index (χ4v) is 4.45. The summed E-state index contributed by atoms with van der Waals surface area (Å²) in [7, 11) is 2.25. The average molecular weight is 420 g/mol. The molecule has 0 spiro atoms. The van der Waals surface area contributed by atoms with E-state index in [1.165, 1.54) is 31.7 Å². The molecule has 1 aliphatic carbocycles. The van der Waals surface area contributed by atoms with Crippen molar-refractivity contribution in [1.29, 1.82) is 0 Å². The van der Waals surface area contributed by atoms with Crippen molar-refractivity contribution in [2.75, 3.05) is 11.9 Å². The fraction of sp³-hybridized carbons (Fsp3) is 0.500. The zero-order valence-corrected chi connectivity index (χ0v) is 18.5. The van der Waals surface area contributed by atoms with Crippen LogP contribution in [0.25, 0.3) is 5.65 Å². The Balaban J connectivity index is 1.54. The first-order chi connectivity index (χ1) is 15.0. The molecule has 1 radical (unpaired) electrons. The maximum Gasteiger partial charge on any atom is 0.178 e. The van der Waals surface area contributed by atoms with Gasteiger partial charge in [-0.3, -0.25) is 0 Å². The zero-order chi connectivity index (χ0) is 21.8. The molecule has 2 aromatic heterocycles. The first-order valence-electron chi connectivity index (χ1n) is 11.4. The van der Waals surface area contributed by atoms with Crippen molar-refractivity contribution in [1.82, 2.24) is 14.6 Å². The van der Waals surface area contributed by atoms with Crippen LogP contribution in [0.4, 0.5) is 10.2 Å². The zero-order valence-electron chi connectivity index (χ0n) is 18.5. The van der Waals surface area contributed by atoms with Gasteiger partial charge in [-0.2, -0.15) is 9.61 Å². The van der Waals surface area contributed by atoms with Crippen LogP contribution in [0.1, 0.15) is 56.6 Å². The molecule has 0 bridgehead atoms. The summed E-state index contributed by atoms with van der Waals surface area (Å²) in [5.41, 5.74) is 9.40. The van der Waals surface area contributed by atoms with E-state index >= 15 is 0 Å². The highest BCUT2D eigenvalue weighted by Gasteiger charge is 2.21. The number of anilines is 1. The lowest BCUT2D eigenvalue weighted by atomic mass is 9.63. The largest absolute Gasteiger partial charge is 0.366 e. The number of benzene rings is 1. The third-order valence-corrected chi connectivity index (χ3v) is 6.52. The Morgan fingerprint density at radius 2 is 1.94 bits per heavy atom. The van der Waals surface area contributed by atoms with Crippen LogP contribution in [0, 0.1) is 17.7 Å². The Bertz CT molecular complexity index is 1010. The van der Waals surface area contributed by atoms with Crippen LogP contribution in [-0.4, -0.2) is 28.4 Å². The van der Waals surface area contributed by atoms with Crippen molar-refractivity contribution in [3.63, 3.8) is 0 Å². The summed E-state index contributed by atoms with van der Waals surface area (Å²) in [5.74, 6) is 2.35. The number of fused-ring (bicyclic) bond motifs is 1. The Morgan fingerprint density at radius 3 is 2.65 bits per heavy atom. The number of hydrogen-bond donors (Lipinski definition) is 2. The van der Waals surface area contributed by atoms with E-state index in [4.69, 9.17) is 10.7 Å². The van der Waals surface area contributed by atoms with Crippen LogP contribution in [-0.2, 0) is 6.54 Å². The van der Waals surface area contributed by atoms with Gasteiger partial charge in [0.2, 0.25) is 0 Å². The van der Waals surface area contributed by atoms with Gasteiger partial charge in [-0.1, -0.05) is 51.2 Å². The lowest BCUT2D eigenvalue weighted by Gasteiger charge is -2.27. The molecule has 3 aromatic rings. The number of nitrogens with one attached hydrogen (secondary N) is 1. The van der Waals surface area contributed by atoms with Crippen molar-refractivity contribution in [3.8, 4) is 0 Å². The van der Waals surface area contributed by atoms with Crippen molar-refractivity contribution < 1.29 is 4.39 Å². The van der Waals surface area contributed by atoms with E-state index in [9.17, 15) is 4.39 Å². The molecule has 1 aliphatic rings. The molecule has 5 nitrogen and oxygen atoms in total.